The predicted molar refractivity (Wildman–Crippen MR) is 74.1 cm³/mol. The van der Waals surface area contributed by atoms with Gasteiger partial charge in [-0.3, -0.25) is 4.79 Å². The van der Waals surface area contributed by atoms with Gasteiger partial charge in [-0.15, -0.1) is 11.3 Å². The highest BCUT2D eigenvalue weighted by Gasteiger charge is 2.23. The molecule has 18 heavy (non-hydrogen) atoms. The first-order valence-electron chi connectivity index (χ1n) is 6.36. The van der Waals surface area contributed by atoms with Gasteiger partial charge in [0.15, 0.2) is 0 Å². The first kappa shape index (κ1) is 15.1. The smallest absolute Gasteiger partial charge is 0.273 e. The molecule has 0 aliphatic carbocycles. The number of rotatable bonds is 7. The van der Waals surface area contributed by atoms with Crippen molar-refractivity contribution in [2.24, 2.45) is 0 Å². The molecule has 0 bridgehead atoms. The number of aryl methyl sites for hydroxylation is 1. The van der Waals surface area contributed by atoms with E-state index in [2.05, 4.69) is 18.8 Å². The van der Waals surface area contributed by atoms with Crippen LogP contribution in [0.1, 0.15) is 42.2 Å². The highest BCUT2D eigenvalue weighted by molar-refractivity contribution is 7.09. The van der Waals surface area contributed by atoms with E-state index in [0.29, 0.717) is 18.8 Å². The van der Waals surface area contributed by atoms with Crippen LogP contribution in [0.3, 0.4) is 0 Å². The summed E-state index contributed by atoms with van der Waals surface area (Å²) >= 11 is 1.51. The lowest BCUT2D eigenvalue weighted by atomic mass is 10.1. The Balaban J connectivity index is 2.84. The maximum absolute atomic E-state index is 12.4. The molecule has 1 heterocycles. The minimum absolute atomic E-state index is 0.0186. The lowest BCUT2D eigenvalue weighted by molar-refractivity contribution is 0.0584. The first-order valence-corrected chi connectivity index (χ1v) is 7.24. The maximum atomic E-state index is 12.4. The van der Waals surface area contributed by atoms with E-state index in [0.717, 1.165) is 17.8 Å². The largest absolute Gasteiger partial charge is 0.383 e. The van der Waals surface area contributed by atoms with Crippen molar-refractivity contribution in [3.63, 3.8) is 0 Å². The van der Waals surface area contributed by atoms with Crippen molar-refractivity contribution in [1.29, 1.82) is 0 Å². The summed E-state index contributed by atoms with van der Waals surface area (Å²) in [6.07, 6.45) is 1.91. The molecule has 0 aromatic carbocycles. The lowest BCUT2D eigenvalue weighted by Gasteiger charge is -2.29. The molecule has 0 saturated heterocycles. The molecular formula is C13H22N2O2S. The fourth-order valence-corrected chi connectivity index (χ4v) is 2.56. The average molecular weight is 270 g/mol. The van der Waals surface area contributed by atoms with Gasteiger partial charge in [0, 0.05) is 25.1 Å². The molecule has 1 aromatic heterocycles. The molecule has 4 nitrogen and oxygen atoms in total. The predicted octanol–water partition coefficient (Wildman–Crippen LogP) is 2.73. The third-order valence-corrected chi connectivity index (χ3v) is 3.79. The molecule has 0 fully saturated rings. The number of thiazole rings is 1. The van der Waals surface area contributed by atoms with Crippen LogP contribution in [-0.4, -0.2) is 42.1 Å². The highest BCUT2D eigenvalue weighted by atomic mass is 32.1. The molecule has 0 aliphatic heterocycles. The van der Waals surface area contributed by atoms with Crippen molar-refractivity contribution in [2.75, 3.05) is 20.3 Å². The van der Waals surface area contributed by atoms with Crippen LogP contribution in [0.25, 0.3) is 0 Å². The Kier molecular flexibility index (Phi) is 6.29. The summed E-state index contributed by atoms with van der Waals surface area (Å²) in [5, 5.41) is 2.76. The Bertz CT molecular complexity index is 375. The van der Waals surface area contributed by atoms with Crippen molar-refractivity contribution in [2.45, 2.75) is 39.7 Å². The van der Waals surface area contributed by atoms with Gasteiger partial charge in [0.25, 0.3) is 5.91 Å². The lowest BCUT2D eigenvalue weighted by Crippen LogP contribution is -2.42. The molecule has 1 aromatic rings. The molecule has 0 unspecified atom stereocenters. The number of hydrogen-bond acceptors (Lipinski definition) is 4. The first-order chi connectivity index (χ1) is 8.63. The minimum Gasteiger partial charge on any atom is -0.383 e. The van der Waals surface area contributed by atoms with Crippen molar-refractivity contribution in [1.82, 2.24) is 9.88 Å². The minimum atomic E-state index is 0.0186. The number of amides is 1. The van der Waals surface area contributed by atoms with E-state index >= 15 is 0 Å². The van der Waals surface area contributed by atoms with Gasteiger partial charge in [-0.05, 0) is 19.8 Å². The Morgan fingerprint density at radius 2 is 2.17 bits per heavy atom. The molecule has 0 radical (unpaired) electrons. The summed E-state index contributed by atoms with van der Waals surface area (Å²) in [6, 6.07) is 0.259. The number of aromatic nitrogens is 1. The second-order valence-corrected chi connectivity index (χ2v) is 5.28. The SMILES string of the molecule is CCC(CC)N(CCOC)C(=O)c1csc(C)n1. The van der Waals surface area contributed by atoms with Gasteiger partial charge >= 0.3 is 0 Å². The maximum Gasteiger partial charge on any atom is 0.273 e. The van der Waals surface area contributed by atoms with Crippen LogP contribution >= 0.6 is 11.3 Å². The summed E-state index contributed by atoms with van der Waals surface area (Å²) in [7, 11) is 1.66. The summed E-state index contributed by atoms with van der Waals surface area (Å²) in [6.45, 7) is 7.31. The van der Waals surface area contributed by atoms with Crippen LogP contribution in [0.4, 0.5) is 0 Å². The molecule has 0 saturated carbocycles. The Hall–Kier alpha value is -0.940. The van der Waals surface area contributed by atoms with Gasteiger partial charge in [-0.2, -0.15) is 0 Å². The van der Waals surface area contributed by atoms with E-state index in [1.165, 1.54) is 11.3 Å². The Morgan fingerprint density at radius 3 is 2.61 bits per heavy atom. The molecule has 0 aliphatic rings. The number of carbonyl (C=O) groups excluding carboxylic acids is 1. The van der Waals surface area contributed by atoms with Crippen LogP contribution < -0.4 is 0 Å². The van der Waals surface area contributed by atoms with Crippen LogP contribution in [0.2, 0.25) is 0 Å². The third-order valence-electron chi connectivity index (χ3n) is 3.02. The van der Waals surface area contributed by atoms with Crippen LogP contribution in [-0.2, 0) is 4.74 Å². The highest BCUT2D eigenvalue weighted by Crippen LogP contribution is 2.15. The van der Waals surface area contributed by atoms with Gasteiger partial charge in [0.1, 0.15) is 5.69 Å². The molecule has 0 atom stereocenters. The van der Waals surface area contributed by atoms with Gasteiger partial charge in [0.05, 0.1) is 11.6 Å². The number of hydrogen-bond donors (Lipinski definition) is 0. The van der Waals surface area contributed by atoms with Crippen molar-refractivity contribution < 1.29 is 9.53 Å². The van der Waals surface area contributed by atoms with E-state index in [9.17, 15) is 4.79 Å². The van der Waals surface area contributed by atoms with Gasteiger partial charge in [0.2, 0.25) is 0 Å². The molecule has 0 N–H and O–H groups in total. The van der Waals surface area contributed by atoms with E-state index in [4.69, 9.17) is 4.74 Å². The summed E-state index contributed by atoms with van der Waals surface area (Å²) < 4.78 is 5.09. The van der Waals surface area contributed by atoms with Crippen LogP contribution in [0, 0.1) is 6.92 Å². The van der Waals surface area contributed by atoms with Crippen LogP contribution in [0.5, 0.6) is 0 Å². The summed E-state index contributed by atoms with van der Waals surface area (Å²) in [4.78, 5) is 18.6. The number of methoxy groups -OCH3 is 1. The van der Waals surface area contributed by atoms with E-state index in [1.54, 1.807) is 7.11 Å². The standard InChI is InChI=1S/C13H22N2O2S/c1-5-11(6-2)15(7-8-17-4)13(16)12-9-18-10(3)14-12/h9,11H,5-8H2,1-4H3. The third kappa shape index (κ3) is 3.78. The zero-order valence-electron chi connectivity index (χ0n) is 11.6. The fraction of sp³-hybridized carbons (Fsp3) is 0.692. The van der Waals surface area contributed by atoms with Gasteiger partial charge in [-0.1, -0.05) is 13.8 Å². The zero-order chi connectivity index (χ0) is 13.5. The molecule has 5 heteroatoms. The van der Waals surface area contributed by atoms with E-state index in [1.807, 2.05) is 17.2 Å². The molecule has 1 amide bonds. The van der Waals surface area contributed by atoms with Crippen LogP contribution in [0.15, 0.2) is 5.38 Å². The van der Waals surface area contributed by atoms with Crippen molar-refractivity contribution in [3.8, 4) is 0 Å². The second-order valence-electron chi connectivity index (χ2n) is 4.21. The average Bonchev–Trinajstić information content (AvgIpc) is 2.80. The van der Waals surface area contributed by atoms with E-state index < -0.39 is 0 Å². The van der Waals surface area contributed by atoms with Gasteiger partial charge < -0.3 is 9.64 Å². The molecule has 0 spiro atoms. The number of carbonyl (C=O) groups is 1. The quantitative estimate of drug-likeness (QED) is 0.765. The van der Waals surface area contributed by atoms with E-state index in [-0.39, 0.29) is 11.9 Å². The number of nitrogens with zero attached hydrogens (tertiary/aromatic N) is 2. The molecule has 102 valence electrons. The van der Waals surface area contributed by atoms with Crippen molar-refractivity contribution >= 4 is 17.2 Å². The normalized spacial score (nSPS) is 10.9. The Labute approximate surface area is 113 Å². The van der Waals surface area contributed by atoms with Gasteiger partial charge in [-0.25, -0.2) is 4.98 Å². The Morgan fingerprint density at radius 1 is 1.50 bits per heavy atom. The molecule has 1 rings (SSSR count). The summed E-state index contributed by atoms with van der Waals surface area (Å²) in [5.41, 5.74) is 0.556. The zero-order valence-corrected chi connectivity index (χ0v) is 12.4. The fourth-order valence-electron chi connectivity index (χ4n) is 1.98. The second kappa shape index (κ2) is 7.48. The topological polar surface area (TPSA) is 42.4 Å². The monoisotopic (exact) mass is 270 g/mol. The number of ether oxygens (including phenoxy) is 1. The molecular weight excluding hydrogens is 248 g/mol. The summed E-state index contributed by atoms with van der Waals surface area (Å²) in [5.74, 6) is 0.0186. The van der Waals surface area contributed by atoms with Crippen molar-refractivity contribution in [3.05, 3.63) is 16.1 Å².